The van der Waals surface area contributed by atoms with Crippen LogP contribution in [0.3, 0.4) is 0 Å². The van der Waals surface area contributed by atoms with E-state index in [2.05, 4.69) is 15.1 Å². The third kappa shape index (κ3) is 2.21. The fourth-order valence-electron chi connectivity index (χ4n) is 1.82. The van der Waals surface area contributed by atoms with Crippen LogP contribution in [0, 0.1) is 0 Å². The zero-order valence-electron chi connectivity index (χ0n) is 9.14. The first-order valence-electron chi connectivity index (χ1n) is 5.22. The number of H-pyrrole nitrogens is 1. The fraction of sp³-hybridized carbons (Fsp3) is 0.500. The van der Waals surface area contributed by atoms with Crippen LogP contribution < -0.4 is 10.5 Å². The van der Waals surface area contributed by atoms with Crippen LogP contribution >= 0.6 is 0 Å². The van der Waals surface area contributed by atoms with Gasteiger partial charge in [0.1, 0.15) is 0 Å². The monoisotopic (exact) mass is 222 g/mol. The second-order valence-electron chi connectivity index (χ2n) is 3.80. The van der Waals surface area contributed by atoms with Crippen LogP contribution in [-0.4, -0.2) is 47.2 Å². The molecule has 1 aromatic rings. The van der Waals surface area contributed by atoms with E-state index in [1.165, 1.54) is 6.07 Å². The lowest BCUT2D eigenvalue weighted by atomic mass is 10.3. The van der Waals surface area contributed by atoms with Crippen LogP contribution in [0.5, 0.6) is 0 Å². The van der Waals surface area contributed by atoms with Crippen LogP contribution in [0.15, 0.2) is 17.1 Å². The number of aromatic amines is 1. The van der Waals surface area contributed by atoms with E-state index >= 15 is 0 Å². The fourth-order valence-corrected chi connectivity index (χ4v) is 1.82. The molecule has 0 aliphatic carbocycles. The molecule has 6 heteroatoms. The zero-order chi connectivity index (χ0) is 11.5. The van der Waals surface area contributed by atoms with E-state index < -0.39 is 0 Å². The predicted octanol–water partition coefficient (Wildman–Crippen LogP) is -0.562. The molecule has 6 nitrogen and oxygen atoms in total. The summed E-state index contributed by atoms with van der Waals surface area (Å²) in [5.74, 6) is 0.101. The van der Waals surface area contributed by atoms with Crippen molar-refractivity contribution in [2.75, 3.05) is 31.1 Å². The van der Waals surface area contributed by atoms with Gasteiger partial charge in [-0.1, -0.05) is 0 Å². The van der Waals surface area contributed by atoms with Crippen molar-refractivity contribution in [2.24, 2.45) is 0 Å². The molecule has 0 aromatic carbocycles. The summed E-state index contributed by atoms with van der Waals surface area (Å²) in [5, 5.41) is 6.09. The standard InChI is InChI=1S/C10H14N4O2/c1-8(15)13-2-4-14(5-3-13)9-6-10(16)12-11-7-9/h6-7H,2-5H2,1H3,(H,12,16). The summed E-state index contributed by atoms with van der Waals surface area (Å²) in [7, 11) is 0. The lowest BCUT2D eigenvalue weighted by Gasteiger charge is -2.35. The van der Waals surface area contributed by atoms with Crippen molar-refractivity contribution in [2.45, 2.75) is 6.92 Å². The van der Waals surface area contributed by atoms with E-state index in [4.69, 9.17) is 0 Å². The molecular formula is C10H14N4O2. The topological polar surface area (TPSA) is 69.3 Å². The Hall–Kier alpha value is -1.85. The molecule has 86 valence electrons. The summed E-state index contributed by atoms with van der Waals surface area (Å²) in [5.41, 5.74) is 0.610. The minimum atomic E-state index is -0.202. The van der Waals surface area contributed by atoms with Gasteiger partial charge in [0.15, 0.2) is 0 Å². The highest BCUT2D eigenvalue weighted by atomic mass is 16.2. The third-order valence-electron chi connectivity index (χ3n) is 2.74. The zero-order valence-corrected chi connectivity index (χ0v) is 9.14. The highest BCUT2D eigenvalue weighted by molar-refractivity contribution is 5.73. The molecule has 1 N–H and O–H groups in total. The first kappa shape index (κ1) is 10.7. The highest BCUT2D eigenvalue weighted by Crippen LogP contribution is 2.12. The predicted molar refractivity (Wildman–Crippen MR) is 59.3 cm³/mol. The number of piperazine rings is 1. The maximum atomic E-state index is 11.1. The van der Waals surface area contributed by atoms with E-state index in [0.717, 1.165) is 18.8 Å². The van der Waals surface area contributed by atoms with Crippen LogP contribution in [0.25, 0.3) is 0 Å². The SMILES string of the molecule is CC(=O)N1CCN(c2cn[nH]c(=O)c2)CC1. The first-order chi connectivity index (χ1) is 7.66. The quantitative estimate of drug-likeness (QED) is 0.691. The molecule has 1 amide bonds. The Balaban J connectivity index is 2.04. The number of amides is 1. The smallest absolute Gasteiger partial charge is 0.266 e. The first-order valence-corrected chi connectivity index (χ1v) is 5.22. The number of nitrogens with one attached hydrogen (secondary N) is 1. The van der Waals surface area contributed by atoms with Crippen LogP contribution in [0.1, 0.15) is 6.92 Å². The molecule has 1 fully saturated rings. The van der Waals surface area contributed by atoms with Gasteiger partial charge in [-0.15, -0.1) is 0 Å². The summed E-state index contributed by atoms with van der Waals surface area (Å²) in [6, 6.07) is 1.52. The van der Waals surface area contributed by atoms with Gasteiger partial charge in [0.25, 0.3) is 5.56 Å². The average Bonchev–Trinajstić information content (AvgIpc) is 2.29. The summed E-state index contributed by atoms with van der Waals surface area (Å²) < 4.78 is 0. The molecule has 0 atom stereocenters. The Morgan fingerprint density at radius 2 is 2.06 bits per heavy atom. The second kappa shape index (κ2) is 4.34. The summed E-state index contributed by atoms with van der Waals surface area (Å²) in [6.07, 6.45) is 1.63. The molecular weight excluding hydrogens is 208 g/mol. The summed E-state index contributed by atoms with van der Waals surface area (Å²) in [6.45, 7) is 4.45. The van der Waals surface area contributed by atoms with Gasteiger partial charge in [0, 0.05) is 39.2 Å². The molecule has 1 aromatic heterocycles. The van der Waals surface area contributed by atoms with Gasteiger partial charge in [0.2, 0.25) is 5.91 Å². The Labute approximate surface area is 92.9 Å². The van der Waals surface area contributed by atoms with Crippen molar-refractivity contribution < 1.29 is 4.79 Å². The number of carbonyl (C=O) groups excluding carboxylic acids is 1. The van der Waals surface area contributed by atoms with Gasteiger partial charge >= 0.3 is 0 Å². The van der Waals surface area contributed by atoms with Crippen molar-refractivity contribution in [3.63, 3.8) is 0 Å². The number of carbonyl (C=O) groups is 1. The van der Waals surface area contributed by atoms with Gasteiger partial charge in [-0.3, -0.25) is 9.59 Å². The Bertz CT molecular complexity index is 434. The maximum absolute atomic E-state index is 11.1. The minimum absolute atomic E-state index is 0.101. The highest BCUT2D eigenvalue weighted by Gasteiger charge is 2.18. The Morgan fingerprint density at radius 1 is 1.38 bits per heavy atom. The number of anilines is 1. The minimum Gasteiger partial charge on any atom is -0.367 e. The molecule has 0 spiro atoms. The van der Waals surface area contributed by atoms with Crippen LogP contribution in [0.2, 0.25) is 0 Å². The van der Waals surface area contributed by atoms with E-state index in [1.807, 2.05) is 0 Å². The number of hydrogen-bond donors (Lipinski definition) is 1. The molecule has 16 heavy (non-hydrogen) atoms. The number of nitrogens with zero attached hydrogens (tertiary/aromatic N) is 3. The van der Waals surface area contributed by atoms with Gasteiger partial charge in [-0.2, -0.15) is 5.10 Å². The molecule has 0 saturated carbocycles. The van der Waals surface area contributed by atoms with Crippen molar-refractivity contribution in [3.8, 4) is 0 Å². The maximum Gasteiger partial charge on any atom is 0.266 e. The molecule has 0 radical (unpaired) electrons. The van der Waals surface area contributed by atoms with Gasteiger partial charge < -0.3 is 9.80 Å². The molecule has 1 aliphatic heterocycles. The number of hydrogen-bond acceptors (Lipinski definition) is 4. The van der Waals surface area contributed by atoms with Gasteiger partial charge in [-0.05, 0) is 0 Å². The van der Waals surface area contributed by atoms with Crippen molar-refractivity contribution in [3.05, 3.63) is 22.6 Å². The van der Waals surface area contributed by atoms with Crippen LogP contribution in [-0.2, 0) is 4.79 Å². The van der Waals surface area contributed by atoms with Crippen molar-refractivity contribution >= 4 is 11.6 Å². The summed E-state index contributed by atoms with van der Waals surface area (Å²) in [4.78, 5) is 26.1. The lowest BCUT2D eigenvalue weighted by molar-refractivity contribution is -0.129. The second-order valence-corrected chi connectivity index (χ2v) is 3.80. The van der Waals surface area contributed by atoms with E-state index in [-0.39, 0.29) is 11.5 Å². The largest absolute Gasteiger partial charge is 0.367 e. The average molecular weight is 222 g/mol. The third-order valence-corrected chi connectivity index (χ3v) is 2.74. The van der Waals surface area contributed by atoms with Gasteiger partial charge in [0.05, 0.1) is 11.9 Å². The molecule has 0 unspecified atom stereocenters. The molecule has 2 rings (SSSR count). The Morgan fingerprint density at radius 3 is 2.62 bits per heavy atom. The number of rotatable bonds is 1. The molecule has 1 aliphatic rings. The van der Waals surface area contributed by atoms with E-state index in [1.54, 1.807) is 18.0 Å². The summed E-state index contributed by atoms with van der Waals surface area (Å²) >= 11 is 0. The molecule has 1 saturated heterocycles. The van der Waals surface area contributed by atoms with Gasteiger partial charge in [-0.25, -0.2) is 5.10 Å². The lowest BCUT2D eigenvalue weighted by Crippen LogP contribution is -2.48. The van der Waals surface area contributed by atoms with E-state index in [9.17, 15) is 9.59 Å². The van der Waals surface area contributed by atoms with E-state index in [0.29, 0.717) is 13.1 Å². The number of aromatic nitrogens is 2. The van der Waals surface area contributed by atoms with Crippen molar-refractivity contribution in [1.29, 1.82) is 0 Å². The van der Waals surface area contributed by atoms with Crippen molar-refractivity contribution in [1.82, 2.24) is 15.1 Å². The molecule has 2 heterocycles. The Kier molecular flexibility index (Phi) is 2.89. The molecule has 0 bridgehead atoms. The normalized spacial score (nSPS) is 16.3. The van der Waals surface area contributed by atoms with Crippen LogP contribution in [0.4, 0.5) is 5.69 Å².